The molecule has 0 amide bonds. The fourth-order valence-corrected chi connectivity index (χ4v) is 3.00. The second kappa shape index (κ2) is 6.53. The molecule has 0 saturated carbocycles. The van der Waals surface area contributed by atoms with Gasteiger partial charge in [0.25, 0.3) is 0 Å². The van der Waals surface area contributed by atoms with Gasteiger partial charge in [0.05, 0.1) is 7.11 Å². The molecule has 1 heterocycles. The molecule has 2 rings (SSSR count). The summed E-state index contributed by atoms with van der Waals surface area (Å²) < 4.78 is 17.1. The topological polar surface area (TPSA) is 44.8 Å². The summed E-state index contributed by atoms with van der Waals surface area (Å²) in [5, 5.41) is 0. The van der Waals surface area contributed by atoms with Crippen LogP contribution in [0.3, 0.4) is 0 Å². The van der Waals surface area contributed by atoms with Gasteiger partial charge in [0.1, 0.15) is 0 Å². The number of benzene rings is 1. The molecule has 0 aliphatic carbocycles. The lowest BCUT2D eigenvalue weighted by molar-refractivity contribution is -0.112. The van der Waals surface area contributed by atoms with Crippen LogP contribution in [0, 0.1) is 6.92 Å². The number of aryl methyl sites for hydroxylation is 1. The number of hydrogen-bond donors (Lipinski definition) is 0. The van der Waals surface area contributed by atoms with Crippen LogP contribution in [0.1, 0.15) is 38.3 Å². The molecule has 1 aliphatic rings. The second-order valence-electron chi connectivity index (χ2n) is 5.86. The number of fused-ring (bicyclic) bond motifs is 1. The summed E-state index contributed by atoms with van der Waals surface area (Å²) in [7, 11) is 1.63. The first-order valence-electron chi connectivity index (χ1n) is 7.57. The van der Waals surface area contributed by atoms with Crippen LogP contribution in [0.5, 0.6) is 11.5 Å². The molecule has 1 aliphatic heterocycles. The number of ether oxygens (including phenoxy) is 3. The average molecular weight is 304 g/mol. The highest BCUT2D eigenvalue weighted by molar-refractivity contribution is 5.87. The first-order valence-corrected chi connectivity index (χ1v) is 7.57. The van der Waals surface area contributed by atoms with Crippen molar-refractivity contribution < 1.29 is 19.0 Å². The monoisotopic (exact) mass is 304 g/mol. The molecule has 0 fully saturated rings. The highest BCUT2D eigenvalue weighted by Crippen LogP contribution is 2.48. The van der Waals surface area contributed by atoms with Gasteiger partial charge in [-0.2, -0.15) is 0 Å². The summed E-state index contributed by atoms with van der Waals surface area (Å²) in [5.41, 5.74) is 1.83. The van der Waals surface area contributed by atoms with Gasteiger partial charge in [-0.25, -0.2) is 0 Å². The van der Waals surface area contributed by atoms with Gasteiger partial charge < -0.3 is 14.2 Å². The Kier molecular flexibility index (Phi) is 4.91. The van der Waals surface area contributed by atoms with Gasteiger partial charge in [-0.15, -0.1) is 0 Å². The van der Waals surface area contributed by atoms with Crippen molar-refractivity contribution in [3.05, 3.63) is 35.4 Å². The molecule has 1 aromatic rings. The Bertz CT molecular complexity index is 591. The van der Waals surface area contributed by atoms with Crippen LogP contribution in [0.2, 0.25) is 0 Å². The van der Waals surface area contributed by atoms with E-state index in [2.05, 4.69) is 6.92 Å². The van der Waals surface area contributed by atoms with E-state index in [1.54, 1.807) is 20.1 Å². The van der Waals surface area contributed by atoms with Crippen molar-refractivity contribution in [3.8, 4) is 11.5 Å². The predicted molar refractivity (Wildman–Crippen MR) is 85.6 cm³/mol. The number of carbonyl (C=O) groups excluding carboxylic acids is 1. The molecular weight excluding hydrogens is 280 g/mol. The van der Waals surface area contributed by atoms with E-state index in [9.17, 15) is 4.79 Å². The number of hydrogen-bond acceptors (Lipinski definition) is 4. The van der Waals surface area contributed by atoms with Crippen molar-refractivity contribution in [3.63, 3.8) is 0 Å². The minimum absolute atomic E-state index is 0.0303. The van der Waals surface area contributed by atoms with E-state index in [-0.39, 0.29) is 17.5 Å². The van der Waals surface area contributed by atoms with E-state index in [1.807, 2.05) is 32.1 Å². The Morgan fingerprint density at radius 2 is 2.23 bits per heavy atom. The lowest BCUT2D eigenvalue weighted by atomic mass is 9.74. The van der Waals surface area contributed by atoms with Crippen LogP contribution in [0.25, 0.3) is 0 Å². The SMILES string of the molecule is CCOC1CC(C)(C=CC(C)=O)c2c(C)ccc(OC)c2O1. The summed E-state index contributed by atoms with van der Waals surface area (Å²) >= 11 is 0. The van der Waals surface area contributed by atoms with Crippen molar-refractivity contribution in [1.29, 1.82) is 0 Å². The minimum atomic E-state index is -0.352. The van der Waals surface area contributed by atoms with E-state index in [4.69, 9.17) is 14.2 Å². The zero-order valence-electron chi connectivity index (χ0n) is 13.9. The van der Waals surface area contributed by atoms with E-state index in [0.717, 1.165) is 11.1 Å². The van der Waals surface area contributed by atoms with E-state index >= 15 is 0 Å². The molecule has 120 valence electrons. The molecule has 1 aromatic carbocycles. The molecule has 0 aromatic heterocycles. The maximum atomic E-state index is 11.4. The van der Waals surface area contributed by atoms with E-state index in [0.29, 0.717) is 24.5 Å². The van der Waals surface area contributed by atoms with Gasteiger partial charge in [-0.1, -0.05) is 19.1 Å². The van der Waals surface area contributed by atoms with Crippen LogP contribution in [-0.4, -0.2) is 25.8 Å². The maximum Gasteiger partial charge on any atom is 0.201 e. The quantitative estimate of drug-likeness (QED) is 0.780. The summed E-state index contributed by atoms with van der Waals surface area (Å²) in [4.78, 5) is 11.4. The molecule has 2 unspecified atom stereocenters. The third-order valence-corrected chi connectivity index (χ3v) is 4.00. The third kappa shape index (κ3) is 3.17. The maximum absolute atomic E-state index is 11.4. The van der Waals surface area contributed by atoms with Gasteiger partial charge in [0, 0.05) is 24.0 Å². The smallest absolute Gasteiger partial charge is 0.201 e. The standard InChI is InChI=1S/C18H24O4/c1-6-21-15-11-18(4,10-9-13(3)19)16-12(2)7-8-14(20-5)17(16)22-15/h7-10,15H,6,11H2,1-5H3. The highest BCUT2D eigenvalue weighted by Gasteiger charge is 2.39. The molecule has 4 heteroatoms. The zero-order valence-corrected chi connectivity index (χ0v) is 13.9. The minimum Gasteiger partial charge on any atom is -0.493 e. The lowest BCUT2D eigenvalue weighted by Gasteiger charge is -2.39. The molecule has 4 nitrogen and oxygen atoms in total. The van der Waals surface area contributed by atoms with Crippen molar-refractivity contribution >= 4 is 5.78 Å². The highest BCUT2D eigenvalue weighted by atomic mass is 16.7. The summed E-state index contributed by atoms with van der Waals surface area (Å²) in [5.74, 6) is 1.43. The van der Waals surface area contributed by atoms with Crippen molar-refractivity contribution in [2.45, 2.75) is 45.8 Å². The molecule has 2 atom stereocenters. The Balaban J connectivity index is 2.58. The van der Waals surface area contributed by atoms with Gasteiger partial charge in [0.15, 0.2) is 17.3 Å². The van der Waals surface area contributed by atoms with Gasteiger partial charge in [-0.05, 0) is 38.5 Å². The van der Waals surface area contributed by atoms with Gasteiger partial charge in [-0.3, -0.25) is 4.79 Å². The van der Waals surface area contributed by atoms with Crippen molar-refractivity contribution in [1.82, 2.24) is 0 Å². The molecular formula is C18H24O4. The van der Waals surface area contributed by atoms with Crippen LogP contribution in [0.4, 0.5) is 0 Å². The fourth-order valence-electron chi connectivity index (χ4n) is 3.00. The average Bonchev–Trinajstić information content (AvgIpc) is 2.45. The van der Waals surface area contributed by atoms with E-state index in [1.165, 1.54) is 0 Å². The Morgan fingerprint density at radius 3 is 2.82 bits per heavy atom. The second-order valence-corrected chi connectivity index (χ2v) is 5.86. The Hall–Kier alpha value is -1.81. The first-order chi connectivity index (χ1) is 10.4. The largest absolute Gasteiger partial charge is 0.493 e. The summed E-state index contributed by atoms with van der Waals surface area (Å²) in [6, 6.07) is 3.92. The Labute approximate surface area is 132 Å². The Morgan fingerprint density at radius 1 is 1.50 bits per heavy atom. The summed E-state index contributed by atoms with van der Waals surface area (Å²) in [6.07, 6.45) is 3.88. The normalized spacial score (nSPS) is 24.0. The van der Waals surface area contributed by atoms with Gasteiger partial charge >= 0.3 is 0 Å². The third-order valence-electron chi connectivity index (χ3n) is 4.00. The van der Waals surface area contributed by atoms with E-state index < -0.39 is 0 Å². The molecule has 0 saturated heterocycles. The van der Waals surface area contributed by atoms with Crippen molar-refractivity contribution in [2.75, 3.05) is 13.7 Å². The van der Waals surface area contributed by atoms with Crippen LogP contribution < -0.4 is 9.47 Å². The van der Waals surface area contributed by atoms with Crippen LogP contribution >= 0.6 is 0 Å². The fraction of sp³-hybridized carbons (Fsp3) is 0.500. The number of rotatable bonds is 5. The van der Waals surface area contributed by atoms with Crippen molar-refractivity contribution in [2.24, 2.45) is 0 Å². The molecule has 0 radical (unpaired) electrons. The molecule has 0 spiro atoms. The lowest BCUT2D eigenvalue weighted by Crippen LogP contribution is -2.37. The molecule has 0 bridgehead atoms. The number of carbonyl (C=O) groups is 1. The number of allylic oxidation sites excluding steroid dienone is 2. The predicted octanol–water partition coefficient (Wildman–Crippen LogP) is 3.55. The number of methoxy groups -OCH3 is 1. The van der Waals surface area contributed by atoms with Gasteiger partial charge in [0.2, 0.25) is 6.29 Å². The molecule has 0 N–H and O–H groups in total. The van der Waals surface area contributed by atoms with Crippen LogP contribution in [-0.2, 0) is 14.9 Å². The zero-order chi connectivity index (χ0) is 16.3. The first kappa shape index (κ1) is 16.6. The number of ketones is 1. The molecule has 22 heavy (non-hydrogen) atoms. The van der Waals surface area contributed by atoms with Crippen LogP contribution in [0.15, 0.2) is 24.3 Å². The summed E-state index contributed by atoms with van der Waals surface area (Å²) in [6.45, 7) is 8.21.